The fourth-order valence-electron chi connectivity index (χ4n) is 1.33. The van der Waals surface area contributed by atoms with Gasteiger partial charge in [-0.2, -0.15) is 13.2 Å². The highest BCUT2D eigenvalue weighted by atomic mass is 19.4. The molecule has 0 atom stereocenters. The van der Waals surface area contributed by atoms with E-state index in [-0.39, 0.29) is 24.3 Å². The van der Waals surface area contributed by atoms with Crippen molar-refractivity contribution in [2.24, 2.45) is 0 Å². The summed E-state index contributed by atoms with van der Waals surface area (Å²) < 4.78 is 42.8. The summed E-state index contributed by atoms with van der Waals surface area (Å²) in [6, 6.07) is 3.31. The number of anilines is 1. The molecule has 0 bridgehead atoms. The number of halogens is 3. The molecule has 19 heavy (non-hydrogen) atoms. The van der Waals surface area contributed by atoms with E-state index in [0.717, 1.165) is 6.07 Å². The summed E-state index contributed by atoms with van der Waals surface area (Å²) in [5.74, 6) is 4.09. The van der Waals surface area contributed by atoms with E-state index in [0.29, 0.717) is 0 Å². The first-order valence-electron chi connectivity index (χ1n) is 5.45. The number of nitrogen functional groups attached to an aromatic ring is 1. The lowest BCUT2D eigenvalue weighted by Gasteiger charge is -2.09. The Hall–Kier alpha value is -2.16. The molecule has 1 aromatic carbocycles. The van der Waals surface area contributed by atoms with Crippen LogP contribution in [0.2, 0.25) is 0 Å². The van der Waals surface area contributed by atoms with Gasteiger partial charge in [0, 0.05) is 11.3 Å². The molecule has 102 valence electrons. The molecule has 2 N–H and O–H groups in total. The molecule has 0 aliphatic rings. The van der Waals surface area contributed by atoms with E-state index < -0.39 is 17.7 Å². The van der Waals surface area contributed by atoms with Gasteiger partial charge in [-0.05, 0) is 25.1 Å². The molecule has 0 radical (unpaired) electrons. The van der Waals surface area contributed by atoms with Crippen LogP contribution in [0.25, 0.3) is 0 Å². The van der Waals surface area contributed by atoms with Gasteiger partial charge in [-0.15, -0.1) is 0 Å². The molecule has 1 aromatic rings. The standard InChI is InChI=1S/C13H12F3NO2/c1-2-19-12(18)5-3-4-9-6-7-10(17)8-11(9)13(14,15)16/h6-8H,2,5,17H2,1H3. The Morgan fingerprint density at radius 1 is 1.42 bits per heavy atom. The summed E-state index contributed by atoms with van der Waals surface area (Å²) in [7, 11) is 0. The van der Waals surface area contributed by atoms with Crippen LogP contribution in [-0.4, -0.2) is 12.6 Å². The number of alkyl halides is 3. The third kappa shape index (κ3) is 4.54. The first-order chi connectivity index (χ1) is 8.84. The minimum atomic E-state index is -4.54. The Morgan fingerprint density at radius 3 is 2.68 bits per heavy atom. The summed E-state index contributed by atoms with van der Waals surface area (Å²) in [6.07, 6.45) is -4.79. The second-order valence-electron chi connectivity index (χ2n) is 3.59. The second-order valence-corrected chi connectivity index (χ2v) is 3.59. The van der Waals surface area contributed by atoms with Gasteiger partial charge in [-0.1, -0.05) is 11.8 Å². The van der Waals surface area contributed by atoms with Crippen LogP contribution in [0.3, 0.4) is 0 Å². The van der Waals surface area contributed by atoms with E-state index in [1.165, 1.54) is 12.1 Å². The molecule has 0 saturated heterocycles. The minimum Gasteiger partial charge on any atom is -0.465 e. The van der Waals surface area contributed by atoms with E-state index in [9.17, 15) is 18.0 Å². The molecule has 0 saturated carbocycles. The van der Waals surface area contributed by atoms with Gasteiger partial charge in [0.1, 0.15) is 6.42 Å². The van der Waals surface area contributed by atoms with Crippen LogP contribution in [0.1, 0.15) is 24.5 Å². The normalized spacial score (nSPS) is 10.5. The van der Waals surface area contributed by atoms with Crippen LogP contribution >= 0.6 is 0 Å². The topological polar surface area (TPSA) is 52.3 Å². The maximum absolute atomic E-state index is 12.7. The number of benzene rings is 1. The summed E-state index contributed by atoms with van der Waals surface area (Å²) in [5.41, 5.74) is 4.19. The van der Waals surface area contributed by atoms with Crippen molar-refractivity contribution in [1.82, 2.24) is 0 Å². The molecule has 6 heteroatoms. The fraction of sp³-hybridized carbons (Fsp3) is 0.308. The third-order valence-electron chi connectivity index (χ3n) is 2.11. The number of hydrogen-bond acceptors (Lipinski definition) is 3. The lowest BCUT2D eigenvalue weighted by molar-refractivity contribution is -0.141. The van der Waals surface area contributed by atoms with Crippen molar-refractivity contribution < 1.29 is 22.7 Å². The van der Waals surface area contributed by atoms with E-state index in [1.54, 1.807) is 6.92 Å². The molecule has 0 amide bonds. The fourth-order valence-corrected chi connectivity index (χ4v) is 1.33. The van der Waals surface area contributed by atoms with Crippen molar-refractivity contribution >= 4 is 11.7 Å². The van der Waals surface area contributed by atoms with Crippen LogP contribution in [0.4, 0.5) is 18.9 Å². The van der Waals surface area contributed by atoms with Gasteiger partial charge < -0.3 is 10.5 Å². The molecule has 3 nitrogen and oxygen atoms in total. The largest absolute Gasteiger partial charge is 0.465 e. The zero-order chi connectivity index (χ0) is 14.5. The van der Waals surface area contributed by atoms with E-state index in [2.05, 4.69) is 16.6 Å². The number of esters is 1. The van der Waals surface area contributed by atoms with Gasteiger partial charge in [0.2, 0.25) is 0 Å². The highest BCUT2D eigenvalue weighted by Crippen LogP contribution is 2.32. The molecular formula is C13H12F3NO2. The van der Waals surface area contributed by atoms with Crippen molar-refractivity contribution in [3.8, 4) is 11.8 Å². The van der Waals surface area contributed by atoms with Crippen LogP contribution < -0.4 is 5.73 Å². The molecule has 0 heterocycles. The first-order valence-corrected chi connectivity index (χ1v) is 5.45. The van der Waals surface area contributed by atoms with Gasteiger partial charge in [0.25, 0.3) is 0 Å². The number of hydrogen-bond donors (Lipinski definition) is 1. The van der Waals surface area contributed by atoms with Gasteiger partial charge in [-0.25, -0.2) is 0 Å². The molecule has 1 rings (SSSR count). The number of carbonyl (C=O) groups excluding carboxylic acids is 1. The van der Waals surface area contributed by atoms with Crippen LogP contribution in [0, 0.1) is 11.8 Å². The monoisotopic (exact) mass is 271 g/mol. The smallest absolute Gasteiger partial charge is 0.417 e. The summed E-state index contributed by atoms with van der Waals surface area (Å²) in [5, 5.41) is 0. The Bertz CT molecular complexity index is 527. The lowest BCUT2D eigenvalue weighted by Crippen LogP contribution is -2.08. The first kappa shape index (κ1) is 14.9. The third-order valence-corrected chi connectivity index (χ3v) is 2.11. The average molecular weight is 271 g/mol. The summed E-state index contributed by atoms with van der Waals surface area (Å²) in [4.78, 5) is 11.0. The van der Waals surface area contributed by atoms with Crippen molar-refractivity contribution in [3.05, 3.63) is 29.3 Å². The Kier molecular flexibility index (Phi) is 4.81. The Labute approximate surface area is 108 Å². The maximum atomic E-state index is 12.7. The molecule has 0 fully saturated rings. The van der Waals surface area contributed by atoms with Crippen LogP contribution in [0.5, 0.6) is 0 Å². The Balaban J connectivity index is 2.96. The summed E-state index contributed by atoms with van der Waals surface area (Å²) in [6.45, 7) is 1.84. The number of ether oxygens (including phenoxy) is 1. The van der Waals surface area contributed by atoms with Gasteiger partial charge in [0.05, 0.1) is 12.2 Å². The van der Waals surface area contributed by atoms with Crippen LogP contribution in [0.15, 0.2) is 18.2 Å². The van der Waals surface area contributed by atoms with Gasteiger partial charge >= 0.3 is 12.1 Å². The average Bonchev–Trinajstić information content (AvgIpc) is 2.30. The minimum absolute atomic E-state index is 0.00303. The number of nitrogens with two attached hydrogens (primary N) is 1. The van der Waals surface area contributed by atoms with Crippen molar-refractivity contribution in [3.63, 3.8) is 0 Å². The highest BCUT2D eigenvalue weighted by molar-refractivity contribution is 5.72. The number of rotatable bonds is 2. The van der Waals surface area contributed by atoms with Gasteiger partial charge in [0.15, 0.2) is 0 Å². The molecule has 0 unspecified atom stereocenters. The highest BCUT2D eigenvalue weighted by Gasteiger charge is 2.33. The number of carbonyl (C=O) groups is 1. The molecule has 0 aliphatic carbocycles. The quantitative estimate of drug-likeness (QED) is 0.511. The van der Waals surface area contributed by atoms with E-state index >= 15 is 0 Å². The second kappa shape index (κ2) is 6.14. The van der Waals surface area contributed by atoms with Crippen molar-refractivity contribution in [2.75, 3.05) is 12.3 Å². The zero-order valence-electron chi connectivity index (χ0n) is 10.2. The van der Waals surface area contributed by atoms with Crippen molar-refractivity contribution in [1.29, 1.82) is 0 Å². The molecule has 0 spiro atoms. The SMILES string of the molecule is CCOC(=O)CC#Cc1ccc(N)cc1C(F)(F)F. The molecular weight excluding hydrogens is 259 g/mol. The van der Waals surface area contributed by atoms with E-state index in [4.69, 9.17) is 5.73 Å². The summed E-state index contributed by atoms with van der Waals surface area (Å²) >= 11 is 0. The van der Waals surface area contributed by atoms with E-state index in [1.807, 2.05) is 0 Å². The van der Waals surface area contributed by atoms with Crippen molar-refractivity contribution in [2.45, 2.75) is 19.5 Å². The predicted molar refractivity (Wildman–Crippen MR) is 64.0 cm³/mol. The zero-order valence-corrected chi connectivity index (χ0v) is 10.2. The predicted octanol–water partition coefficient (Wildman–Crippen LogP) is 2.59. The van der Waals surface area contributed by atoms with Gasteiger partial charge in [-0.3, -0.25) is 4.79 Å². The lowest BCUT2D eigenvalue weighted by atomic mass is 10.1. The Morgan fingerprint density at radius 2 is 2.11 bits per heavy atom. The molecule has 0 aliphatic heterocycles. The molecule has 0 aromatic heterocycles. The maximum Gasteiger partial charge on any atom is 0.417 e. The van der Waals surface area contributed by atoms with Crippen LogP contribution in [-0.2, 0) is 15.7 Å².